The molecule has 0 aliphatic carbocycles. The first-order valence-electron chi connectivity index (χ1n) is 4.39. The molecule has 0 fully saturated rings. The molecule has 0 aliphatic heterocycles. The average Bonchev–Trinajstić information content (AvgIpc) is 2.10. The largest absolute Gasteiger partial charge is 0.468 e. The van der Waals surface area contributed by atoms with E-state index in [9.17, 15) is 9.59 Å². The molecule has 0 bridgehead atoms. The van der Waals surface area contributed by atoms with Crippen molar-refractivity contribution < 1.29 is 14.3 Å². The minimum Gasteiger partial charge on any atom is -0.468 e. The Hall–Kier alpha value is -0.480. The quantitative estimate of drug-likeness (QED) is 0.570. The molecule has 5 heteroatoms. The molecule has 0 N–H and O–H groups in total. The van der Waals surface area contributed by atoms with E-state index >= 15 is 0 Å². The summed E-state index contributed by atoms with van der Waals surface area (Å²) in [6.07, 6.45) is 1.33. The minimum atomic E-state index is -0.920. The summed E-state index contributed by atoms with van der Waals surface area (Å²) in [6.45, 7) is 5.69. The lowest BCUT2D eigenvalue weighted by atomic mass is 10.2. The van der Waals surface area contributed by atoms with E-state index in [0.29, 0.717) is 0 Å². The summed E-state index contributed by atoms with van der Waals surface area (Å²) >= 11 is 6.46. The summed E-state index contributed by atoms with van der Waals surface area (Å²) in [5, 5.41) is -0.258. The lowest BCUT2D eigenvalue weighted by molar-refractivity contribution is -0.145. The van der Waals surface area contributed by atoms with Gasteiger partial charge in [0.15, 0.2) is 0 Å². The topological polar surface area (TPSA) is 43.4 Å². The second kappa shape index (κ2) is 6.18. The summed E-state index contributed by atoms with van der Waals surface area (Å²) in [5.41, 5.74) is 1.16. The van der Waals surface area contributed by atoms with Gasteiger partial charge in [-0.1, -0.05) is 50.2 Å². The molecule has 1 unspecified atom stereocenters. The van der Waals surface area contributed by atoms with Crippen LogP contribution in [0.1, 0.15) is 20.8 Å². The van der Waals surface area contributed by atoms with Crippen molar-refractivity contribution in [1.29, 1.82) is 0 Å². The fraction of sp³-hybridized carbons (Fsp3) is 0.600. The van der Waals surface area contributed by atoms with Crippen LogP contribution in [0.25, 0.3) is 0 Å². The van der Waals surface area contributed by atoms with Crippen LogP contribution in [0.15, 0.2) is 11.6 Å². The molecule has 3 nitrogen and oxygen atoms in total. The number of thioether (sulfide) groups is 1. The van der Waals surface area contributed by atoms with E-state index in [2.05, 4.69) is 4.74 Å². The molecule has 0 saturated carbocycles. The predicted octanol–water partition coefficient (Wildman–Crippen LogP) is 2.59. The van der Waals surface area contributed by atoms with Crippen molar-refractivity contribution in [2.24, 2.45) is 5.92 Å². The lowest BCUT2D eigenvalue weighted by Crippen LogP contribution is -2.24. The van der Waals surface area contributed by atoms with E-state index in [4.69, 9.17) is 11.6 Å². The van der Waals surface area contributed by atoms with Gasteiger partial charge >= 0.3 is 5.97 Å². The molecule has 0 aromatic carbocycles. The first-order valence-corrected chi connectivity index (χ1v) is 5.64. The Morgan fingerprint density at radius 2 is 1.93 bits per heavy atom. The third-order valence-electron chi connectivity index (χ3n) is 1.38. The van der Waals surface area contributed by atoms with Gasteiger partial charge in [-0.2, -0.15) is 0 Å². The maximum atomic E-state index is 11.7. The number of carbonyl (C=O) groups is 2. The van der Waals surface area contributed by atoms with Gasteiger partial charge in [-0.3, -0.25) is 9.59 Å². The summed E-state index contributed by atoms with van der Waals surface area (Å²) in [5.74, 6) is -1.51. The van der Waals surface area contributed by atoms with Gasteiger partial charge in [-0.15, -0.1) is 0 Å². The van der Waals surface area contributed by atoms with Gasteiger partial charge in [0.25, 0.3) is 0 Å². The number of hydrogen-bond donors (Lipinski definition) is 0. The molecule has 0 amide bonds. The number of carbonyl (C=O) groups excluding carboxylic acids is 2. The summed E-state index contributed by atoms with van der Waals surface area (Å²) in [6, 6.07) is 0. The van der Waals surface area contributed by atoms with Crippen LogP contribution in [0.3, 0.4) is 0 Å². The number of halogens is 1. The highest BCUT2D eigenvalue weighted by Gasteiger charge is 2.28. The minimum absolute atomic E-state index is 0.233. The zero-order chi connectivity index (χ0) is 12.1. The Morgan fingerprint density at radius 1 is 1.40 bits per heavy atom. The number of esters is 1. The predicted molar refractivity (Wildman–Crippen MR) is 62.9 cm³/mol. The van der Waals surface area contributed by atoms with E-state index in [1.807, 2.05) is 20.8 Å². The maximum absolute atomic E-state index is 11.7. The van der Waals surface area contributed by atoms with Crippen LogP contribution in [-0.2, 0) is 14.3 Å². The number of rotatable bonds is 3. The summed E-state index contributed by atoms with van der Waals surface area (Å²) in [7, 11) is 1.24. The van der Waals surface area contributed by atoms with Crippen molar-refractivity contribution >= 4 is 34.4 Å². The van der Waals surface area contributed by atoms with Crippen molar-refractivity contribution in [3.63, 3.8) is 0 Å². The Bertz CT molecular complexity index is 268. The molecule has 0 heterocycles. The maximum Gasteiger partial charge on any atom is 0.321 e. The molecule has 0 radical (unpaired) electrons. The molecule has 0 aliphatic rings. The van der Waals surface area contributed by atoms with Crippen LogP contribution in [-0.4, -0.2) is 22.9 Å². The molecule has 86 valence electrons. The smallest absolute Gasteiger partial charge is 0.321 e. The normalized spacial score (nSPS) is 13.9. The van der Waals surface area contributed by atoms with Crippen LogP contribution < -0.4 is 0 Å². The molecule has 0 rings (SSSR count). The molecule has 0 spiro atoms. The summed E-state index contributed by atoms with van der Waals surface area (Å²) < 4.78 is 4.28. The van der Waals surface area contributed by atoms with Gasteiger partial charge in [0.2, 0.25) is 5.12 Å². The van der Waals surface area contributed by atoms with Gasteiger partial charge in [0, 0.05) is 10.3 Å². The molecule has 0 aromatic rings. The zero-order valence-corrected chi connectivity index (χ0v) is 10.8. The first-order chi connectivity index (χ1) is 6.81. The average molecular weight is 251 g/mol. The summed E-state index contributed by atoms with van der Waals surface area (Å²) in [4.78, 5) is 23.0. The highest BCUT2D eigenvalue weighted by molar-refractivity contribution is 8.14. The zero-order valence-electron chi connectivity index (χ0n) is 9.24. The van der Waals surface area contributed by atoms with Crippen molar-refractivity contribution in [3.8, 4) is 0 Å². The Kier molecular flexibility index (Phi) is 5.98. The number of hydrogen-bond acceptors (Lipinski definition) is 4. The monoisotopic (exact) mass is 250 g/mol. The van der Waals surface area contributed by atoms with Gasteiger partial charge in [-0.05, 0) is 0 Å². The standard InChI is InChI=1S/C10H15ClO3S/c1-10(2,3)15-9(13)7(5-6-11)8(12)14-4/h5-7H,1-4H3. The lowest BCUT2D eigenvalue weighted by Gasteiger charge is -2.18. The molecule has 0 aromatic heterocycles. The van der Waals surface area contributed by atoms with E-state index in [-0.39, 0.29) is 9.86 Å². The highest BCUT2D eigenvalue weighted by atomic mass is 35.5. The van der Waals surface area contributed by atoms with E-state index in [1.165, 1.54) is 13.2 Å². The molecular formula is C10H15ClO3S. The Morgan fingerprint density at radius 3 is 2.27 bits per heavy atom. The van der Waals surface area contributed by atoms with Crippen molar-refractivity contribution in [2.45, 2.75) is 25.5 Å². The third-order valence-corrected chi connectivity index (χ3v) is 2.59. The van der Waals surface area contributed by atoms with Gasteiger partial charge in [0.05, 0.1) is 7.11 Å². The third kappa shape index (κ3) is 5.85. The van der Waals surface area contributed by atoms with Crippen LogP contribution in [0.4, 0.5) is 0 Å². The van der Waals surface area contributed by atoms with Crippen LogP contribution >= 0.6 is 23.4 Å². The Labute approximate surface area is 99.2 Å². The Balaban J connectivity index is 4.64. The fourth-order valence-electron chi connectivity index (χ4n) is 0.818. The van der Waals surface area contributed by atoms with Crippen LogP contribution in [0.2, 0.25) is 0 Å². The number of ether oxygens (including phenoxy) is 1. The first kappa shape index (κ1) is 14.5. The highest BCUT2D eigenvalue weighted by Crippen LogP contribution is 2.28. The fourth-order valence-corrected chi connectivity index (χ4v) is 1.87. The molecule has 1 atom stereocenters. The van der Waals surface area contributed by atoms with Gasteiger partial charge < -0.3 is 4.74 Å². The molecule has 0 saturated heterocycles. The van der Waals surface area contributed by atoms with Gasteiger partial charge in [0.1, 0.15) is 5.92 Å². The van der Waals surface area contributed by atoms with Crippen molar-refractivity contribution in [1.82, 2.24) is 0 Å². The van der Waals surface area contributed by atoms with E-state index in [1.54, 1.807) is 0 Å². The van der Waals surface area contributed by atoms with Crippen molar-refractivity contribution in [3.05, 3.63) is 11.6 Å². The second-order valence-electron chi connectivity index (χ2n) is 3.85. The second-order valence-corrected chi connectivity index (χ2v) is 5.94. The molecule has 15 heavy (non-hydrogen) atoms. The van der Waals surface area contributed by atoms with Crippen LogP contribution in [0.5, 0.6) is 0 Å². The van der Waals surface area contributed by atoms with Gasteiger partial charge in [-0.25, -0.2) is 0 Å². The van der Waals surface area contributed by atoms with Crippen molar-refractivity contribution in [2.75, 3.05) is 7.11 Å². The van der Waals surface area contributed by atoms with E-state index in [0.717, 1.165) is 17.3 Å². The SMILES string of the molecule is COC(=O)C(C=CCl)C(=O)SC(C)(C)C. The number of methoxy groups -OCH3 is 1. The van der Waals surface area contributed by atoms with Crippen LogP contribution in [0, 0.1) is 5.92 Å². The molecular weight excluding hydrogens is 236 g/mol. The van der Waals surface area contributed by atoms with E-state index < -0.39 is 11.9 Å².